The molecule has 0 aliphatic carbocycles. The van der Waals surface area contributed by atoms with Crippen molar-refractivity contribution in [2.45, 2.75) is 25.7 Å². The van der Waals surface area contributed by atoms with Crippen molar-refractivity contribution < 1.29 is 14.3 Å². The minimum atomic E-state index is -0.771. The van der Waals surface area contributed by atoms with E-state index in [2.05, 4.69) is 4.98 Å². The van der Waals surface area contributed by atoms with Crippen LogP contribution >= 0.6 is 22.9 Å². The fourth-order valence-electron chi connectivity index (χ4n) is 4.21. The first-order chi connectivity index (χ1) is 14.8. The van der Waals surface area contributed by atoms with Gasteiger partial charge in [0.25, 0.3) is 5.56 Å². The number of halogens is 1. The average molecular weight is 463 g/mol. The molecule has 0 saturated carbocycles. The van der Waals surface area contributed by atoms with Gasteiger partial charge in [-0.25, -0.2) is 9.78 Å². The third kappa shape index (κ3) is 2.93. The summed E-state index contributed by atoms with van der Waals surface area (Å²) >= 11 is 7.47. The van der Waals surface area contributed by atoms with Crippen LogP contribution in [-0.4, -0.2) is 36.5 Å². The summed E-state index contributed by atoms with van der Waals surface area (Å²) in [7, 11) is 3.07. The lowest BCUT2D eigenvalue weighted by atomic mass is 10.1. The molecule has 4 aromatic heterocycles. The van der Waals surface area contributed by atoms with E-state index in [-0.39, 0.29) is 18.4 Å². The molecule has 162 valence electrons. The fourth-order valence-corrected chi connectivity index (χ4v) is 4.96. The molecule has 1 aliphatic heterocycles. The largest absolute Gasteiger partial charge is 0.446 e. The van der Waals surface area contributed by atoms with Crippen molar-refractivity contribution in [2.75, 3.05) is 6.61 Å². The first kappa shape index (κ1) is 20.3. The quantitative estimate of drug-likeness (QED) is 0.500. The molecule has 2 atom stereocenters. The maximum Gasteiger partial charge on any atom is 0.331 e. The van der Waals surface area contributed by atoms with Gasteiger partial charge in [-0.2, -0.15) is 0 Å². The molecule has 1 N–H and O–H groups in total. The molecule has 0 radical (unpaired) electrons. The molecule has 0 saturated heterocycles. The smallest absolute Gasteiger partial charge is 0.331 e. The van der Waals surface area contributed by atoms with Gasteiger partial charge in [0.1, 0.15) is 5.76 Å². The number of hydrogen-bond donors (Lipinski definition) is 1. The van der Waals surface area contributed by atoms with E-state index in [1.54, 1.807) is 19.2 Å². The highest BCUT2D eigenvalue weighted by Gasteiger charge is 2.38. The van der Waals surface area contributed by atoms with Crippen molar-refractivity contribution in [3.8, 4) is 11.4 Å². The highest BCUT2D eigenvalue weighted by molar-refractivity contribution is 7.09. The number of thiazole rings is 1. The topological polar surface area (TPSA) is 104 Å². The van der Waals surface area contributed by atoms with Crippen LogP contribution in [0.25, 0.3) is 22.3 Å². The fraction of sp³-hybridized carbons (Fsp3) is 0.350. The number of aliphatic hydroxyl groups excluding tert-OH is 1. The molecule has 5 heterocycles. The van der Waals surface area contributed by atoms with Crippen molar-refractivity contribution in [1.82, 2.24) is 18.7 Å². The summed E-state index contributed by atoms with van der Waals surface area (Å²) in [4.78, 5) is 30.7. The first-order valence-electron chi connectivity index (χ1n) is 9.58. The molecular formula is C20H19ClN4O5S. The number of hydrogen-bond acceptors (Lipinski definition) is 7. The van der Waals surface area contributed by atoms with Crippen molar-refractivity contribution in [2.24, 2.45) is 14.1 Å². The summed E-state index contributed by atoms with van der Waals surface area (Å²) in [5, 5.41) is 13.2. The van der Waals surface area contributed by atoms with E-state index < -0.39 is 23.5 Å². The van der Waals surface area contributed by atoms with Gasteiger partial charge in [0.2, 0.25) is 0 Å². The Balaban J connectivity index is 1.96. The van der Waals surface area contributed by atoms with Gasteiger partial charge in [-0.1, -0.05) is 0 Å². The number of nitrogens with zero attached hydrogens (tertiary/aromatic N) is 4. The summed E-state index contributed by atoms with van der Waals surface area (Å²) in [6.07, 6.45) is -1.32. The summed E-state index contributed by atoms with van der Waals surface area (Å²) in [6.45, 7) is 1.94. The standard InChI is InChI=1S/C20H19ClN4O5S/c1-9-22-11(8-31-9)15-14-16(23(2)20(28)24(3)19(14)27)17-18(12-4-5-13(21)30-12)29-10(7-26)6-25(15)17/h4-5,8,10,18,26H,6-7H2,1-3H3/t10-,18+/m1/s1. The lowest BCUT2D eigenvalue weighted by molar-refractivity contribution is -0.0589. The molecule has 9 nitrogen and oxygen atoms in total. The molecule has 0 bridgehead atoms. The normalized spacial score (nSPS) is 18.6. The van der Waals surface area contributed by atoms with Gasteiger partial charge in [0.05, 0.1) is 52.2 Å². The van der Waals surface area contributed by atoms with Crippen molar-refractivity contribution in [3.05, 3.63) is 60.0 Å². The maximum atomic E-state index is 13.3. The molecule has 4 aromatic rings. The van der Waals surface area contributed by atoms with Crippen molar-refractivity contribution >= 4 is 33.8 Å². The van der Waals surface area contributed by atoms with Gasteiger partial charge in [-0.15, -0.1) is 11.3 Å². The summed E-state index contributed by atoms with van der Waals surface area (Å²) in [5.41, 5.74) is 1.38. The van der Waals surface area contributed by atoms with Crippen LogP contribution in [-0.2, 0) is 25.4 Å². The van der Waals surface area contributed by atoms with E-state index in [0.29, 0.717) is 33.7 Å². The van der Waals surface area contributed by atoms with Crippen LogP contribution < -0.4 is 11.2 Å². The Hall–Kier alpha value is -2.66. The van der Waals surface area contributed by atoms with Gasteiger partial charge < -0.3 is 18.8 Å². The Kier molecular flexibility index (Phi) is 4.70. The van der Waals surface area contributed by atoms with E-state index in [0.717, 1.165) is 9.57 Å². The number of aryl methyl sites for hydroxylation is 2. The van der Waals surface area contributed by atoms with E-state index in [4.69, 9.17) is 20.8 Å². The average Bonchev–Trinajstić information content (AvgIpc) is 3.46. The Bertz CT molecular complexity index is 1440. The van der Waals surface area contributed by atoms with Gasteiger partial charge in [0.15, 0.2) is 11.3 Å². The Morgan fingerprint density at radius 3 is 2.68 bits per heavy atom. The van der Waals surface area contributed by atoms with Crippen molar-refractivity contribution in [1.29, 1.82) is 0 Å². The molecule has 31 heavy (non-hydrogen) atoms. The molecular weight excluding hydrogens is 444 g/mol. The van der Waals surface area contributed by atoms with Gasteiger partial charge in [-0.3, -0.25) is 13.9 Å². The number of aliphatic hydroxyl groups is 1. The molecule has 11 heteroatoms. The zero-order chi connectivity index (χ0) is 22.0. The Morgan fingerprint density at radius 2 is 2.06 bits per heavy atom. The third-order valence-corrected chi connectivity index (χ3v) is 6.56. The minimum absolute atomic E-state index is 0.187. The van der Waals surface area contributed by atoms with Crippen LogP contribution in [0.3, 0.4) is 0 Å². The van der Waals surface area contributed by atoms with E-state index in [1.165, 1.54) is 23.0 Å². The maximum absolute atomic E-state index is 13.3. The number of furan rings is 1. The summed E-state index contributed by atoms with van der Waals surface area (Å²) in [6, 6.07) is 3.28. The van der Waals surface area contributed by atoms with Crippen LogP contribution in [0.5, 0.6) is 0 Å². The zero-order valence-corrected chi connectivity index (χ0v) is 18.5. The van der Waals surface area contributed by atoms with Crippen LogP contribution in [0.4, 0.5) is 0 Å². The monoisotopic (exact) mass is 462 g/mol. The number of fused-ring (bicyclic) bond motifs is 3. The second-order valence-electron chi connectivity index (χ2n) is 7.49. The predicted octanol–water partition coefficient (Wildman–Crippen LogP) is 2.20. The molecule has 0 spiro atoms. The second kappa shape index (κ2) is 7.20. The Morgan fingerprint density at radius 1 is 1.29 bits per heavy atom. The van der Waals surface area contributed by atoms with Crippen LogP contribution in [0.15, 0.2) is 31.5 Å². The summed E-state index contributed by atoms with van der Waals surface area (Å²) < 4.78 is 16.2. The van der Waals surface area contributed by atoms with E-state index in [1.807, 2.05) is 16.9 Å². The minimum Gasteiger partial charge on any atom is -0.446 e. The molecule has 0 unspecified atom stereocenters. The molecule has 1 aliphatic rings. The highest BCUT2D eigenvalue weighted by Crippen LogP contribution is 2.42. The third-order valence-electron chi connectivity index (χ3n) is 5.59. The molecule has 5 rings (SSSR count). The van der Waals surface area contributed by atoms with E-state index >= 15 is 0 Å². The lowest BCUT2D eigenvalue weighted by Crippen LogP contribution is -2.37. The van der Waals surface area contributed by atoms with Crippen LogP contribution in [0, 0.1) is 6.92 Å². The lowest BCUT2D eigenvalue weighted by Gasteiger charge is -2.31. The molecule has 0 fully saturated rings. The van der Waals surface area contributed by atoms with E-state index in [9.17, 15) is 14.7 Å². The van der Waals surface area contributed by atoms with Gasteiger partial charge >= 0.3 is 5.69 Å². The molecule has 0 aromatic carbocycles. The number of ether oxygens (including phenoxy) is 1. The zero-order valence-electron chi connectivity index (χ0n) is 17.0. The molecule has 0 amide bonds. The Labute approximate surface area is 184 Å². The number of rotatable bonds is 3. The van der Waals surface area contributed by atoms with Crippen molar-refractivity contribution in [3.63, 3.8) is 0 Å². The summed E-state index contributed by atoms with van der Waals surface area (Å²) in [5.74, 6) is 0.415. The SMILES string of the molecule is Cc1nc(-c2c3c(=O)n(C)c(=O)n(C)c3c3n2C[C@H](CO)O[C@H]3c2ccc(Cl)o2)cs1. The van der Waals surface area contributed by atoms with Gasteiger partial charge in [0, 0.05) is 19.5 Å². The van der Waals surface area contributed by atoms with Gasteiger partial charge in [-0.05, 0) is 30.7 Å². The predicted molar refractivity (Wildman–Crippen MR) is 116 cm³/mol. The second-order valence-corrected chi connectivity index (χ2v) is 8.92. The number of aromatic nitrogens is 4. The highest BCUT2D eigenvalue weighted by atomic mass is 35.5. The van der Waals surface area contributed by atoms with Crippen LogP contribution in [0.1, 0.15) is 22.6 Å². The van der Waals surface area contributed by atoms with Crippen LogP contribution in [0.2, 0.25) is 5.22 Å². The first-order valence-corrected chi connectivity index (χ1v) is 10.8.